The molecule has 0 unspecified atom stereocenters. The average Bonchev–Trinajstić information content (AvgIpc) is 2.97. The molecule has 0 aliphatic carbocycles. The monoisotopic (exact) mass is 618 g/mol. The fourth-order valence-electron chi connectivity index (χ4n) is 6.80. The standard InChI is InChI=1S/C34H40F2N4O3Si/c1-19(2)44(20(3)4,21(5)6)14-12-25-27(35)10-9-23-15-24(43-18-42-8)16-26(29(23)25)31-30(36)32-33(37-17-28(41)38-32)34(39-31)40-13-11-22(40)7/h9-10,15-17,19-22H,11,13,18H2,1-8H3,(H,38,41)/t22-/m0/s1. The molecule has 232 valence electrons. The molecule has 44 heavy (non-hydrogen) atoms. The van der Waals surface area contributed by atoms with E-state index in [9.17, 15) is 4.79 Å². The zero-order valence-electron chi connectivity index (χ0n) is 26.6. The van der Waals surface area contributed by atoms with Gasteiger partial charge >= 0.3 is 0 Å². The molecule has 4 aromatic rings. The summed E-state index contributed by atoms with van der Waals surface area (Å²) < 4.78 is 43.4. The van der Waals surface area contributed by atoms with Crippen LogP contribution < -0.4 is 15.2 Å². The molecule has 0 spiro atoms. The third kappa shape index (κ3) is 5.37. The number of benzene rings is 2. The molecule has 0 saturated carbocycles. The van der Waals surface area contributed by atoms with Crippen LogP contribution in [0.5, 0.6) is 5.75 Å². The highest BCUT2D eigenvalue weighted by Gasteiger charge is 2.42. The van der Waals surface area contributed by atoms with Gasteiger partial charge in [-0.3, -0.25) is 4.79 Å². The maximum atomic E-state index is 16.6. The molecule has 1 aliphatic rings. The normalized spacial score (nSPS) is 15.3. The van der Waals surface area contributed by atoms with Gasteiger partial charge in [-0.1, -0.05) is 53.5 Å². The summed E-state index contributed by atoms with van der Waals surface area (Å²) in [6.45, 7) is 15.9. The van der Waals surface area contributed by atoms with Crippen molar-refractivity contribution in [1.29, 1.82) is 0 Å². The van der Waals surface area contributed by atoms with E-state index in [0.29, 0.717) is 51.1 Å². The Morgan fingerprint density at radius 3 is 2.41 bits per heavy atom. The van der Waals surface area contributed by atoms with Crippen molar-refractivity contribution in [2.75, 3.05) is 25.3 Å². The summed E-state index contributed by atoms with van der Waals surface area (Å²) >= 11 is 0. The van der Waals surface area contributed by atoms with Crippen LogP contribution in [0.2, 0.25) is 16.6 Å². The zero-order chi connectivity index (χ0) is 31.9. The lowest BCUT2D eigenvalue weighted by atomic mass is 9.95. The third-order valence-corrected chi connectivity index (χ3v) is 15.4. The first kappa shape index (κ1) is 31.6. The Labute approximate surface area is 258 Å². The van der Waals surface area contributed by atoms with Gasteiger partial charge in [0.15, 0.2) is 18.4 Å². The number of aromatic nitrogens is 3. The number of nitrogens with one attached hydrogen (secondary N) is 1. The second kappa shape index (κ2) is 12.3. The topological polar surface area (TPSA) is 80.3 Å². The molecular formula is C34H40F2N4O3Si. The minimum atomic E-state index is -2.24. The van der Waals surface area contributed by atoms with E-state index in [0.717, 1.165) is 12.6 Å². The van der Waals surface area contributed by atoms with Crippen LogP contribution in [-0.2, 0) is 4.74 Å². The second-order valence-electron chi connectivity index (χ2n) is 12.6. The number of halogens is 2. The number of H-pyrrole nitrogens is 1. The Balaban J connectivity index is 1.89. The Bertz CT molecular complexity index is 1820. The molecule has 5 rings (SSSR count). The van der Waals surface area contributed by atoms with Gasteiger partial charge in [-0.05, 0) is 53.6 Å². The summed E-state index contributed by atoms with van der Waals surface area (Å²) in [5, 5.41) is 1.05. The van der Waals surface area contributed by atoms with Crippen molar-refractivity contribution in [3.8, 4) is 28.5 Å². The smallest absolute Gasteiger partial charge is 0.266 e. The van der Waals surface area contributed by atoms with Gasteiger partial charge in [0.2, 0.25) is 0 Å². The molecule has 0 bridgehead atoms. The number of hydrogen-bond acceptors (Lipinski definition) is 6. The van der Waals surface area contributed by atoms with Gasteiger partial charge in [-0.25, -0.2) is 18.7 Å². The zero-order valence-corrected chi connectivity index (χ0v) is 27.6. The highest BCUT2D eigenvalue weighted by Crippen LogP contribution is 2.43. The van der Waals surface area contributed by atoms with Crippen molar-refractivity contribution in [1.82, 2.24) is 15.0 Å². The van der Waals surface area contributed by atoms with Crippen LogP contribution in [0.3, 0.4) is 0 Å². The number of fused-ring (bicyclic) bond motifs is 2. The van der Waals surface area contributed by atoms with Gasteiger partial charge in [-0.2, -0.15) is 0 Å². The number of methoxy groups -OCH3 is 1. The average molecular weight is 619 g/mol. The van der Waals surface area contributed by atoms with Crippen LogP contribution in [0.4, 0.5) is 14.6 Å². The number of rotatable bonds is 8. The molecular weight excluding hydrogens is 578 g/mol. The van der Waals surface area contributed by atoms with Gasteiger partial charge in [0.1, 0.15) is 36.4 Å². The van der Waals surface area contributed by atoms with Crippen LogP contribution in [0.1, 0.15) is 60.5 Å². The van der Waals surface area contributed by atoms with Gasteiger partial charge in [0.25, 0.3) is 5.56 Å². The molecule has 1 N–H and O–H groups in total. The van der Waals surface area contributed by atoms with Crippen molar-refractivity contribution < 1.29 is 18.3 Å². The lowest BCUT2D eigenvalue weighted by molar-refractivity contribution is 0.0512. The molecule has 1 aliphatic heterocycles. The quantitative estimate of drug-likeness (QED) is 0.125. The summed E-state index contributed by atoms with van der Waals surface area (Å²) in [5.41, 5.74) is 4.78. The van der Waals surface area contributed by atoms with E-state index in [1.807, 2.05) is 4.90 Å². The van der Waals surface area contributed by atoms with Gasteiger partial charge in [-0.15, -0.1) is 5.54 Å². The number of hydrogen-bond donors (Lipinski definition) is 1. The largest absolute Gasteiger partial charge is 0.468 e. The predicted octanol–water partition coefficient (Wildman–Crippen LogP) is 7.57. The van der Waals surface area contributed by atoms with E-state index >= 15 is 8.78 Å². The SMILES string of the molecule is COCOc1cc(-c2nc(N3CC[C@@H]3C)c3ncc(=O)[nH]c3c2F)c2c(C#C[Si](C(C)C)(C(C)C)C(C)C)c(F)ccc2c1. The number of ether oxygens (including phenoxy) is 2. The van der Waals surface area contributed by atoms with E-state index in [4.69, 9.17) is 14.5 Å². The summed E-state index contributed by atoms with van der Waals surface area (Å²) in [6, 6.07) is 6.59. The van der Waals surface area contributed by atoms with Crippen LogP contribution in [-0.4, -0.2) is 49.5 Å². The van der Waals surface area contributed by atoms with Crippen molar-refractivity contribution in [3.05, 3.63) is 58.0 Å². The first-order valence-electron chi connectivity index (χ1n) is 15.2. The Kier molecular flexibility index (Phi) is 8.83. The summed E-state index contributed by atoms with van der Waals surface area (Å²) in [6.07, 6.45) is 2.07. The molecule has 0 radical (unpaired) electrons. The van der Waals surface area contributed by atoms with Crippen molar-refractivity contribution in [2.45, 2.75) is 77.6 Å². The lowest BCUT2D eigenvalue weighted by Gasteiger charge is -2.40. The number of aromatic amines is 1. The van der Waals surface area contributed by atoms with E-state index in [2.05, 4.69) is 69.9 Å². The molecule has 2 aromatic heterocycles. The Hall–Kier alpha value is -3.81. The maximum absolute atomic E-state index is 16.6. The molecule has 7 nitrogen and oxygen atoms in total. The van der Waals surface area contributed by atoms with Gasteiger partial charge in [0.05, 0.1) is 11.8 Å². The minimum absolute atomic E-state index is 0.0362. The maximum Gasteiger partial charge on any atom is 0.266 e. The van der Waals surface area contributed by atoms with Gasteiger partial charge < -0.3 is 19.4 Å². The molecule has 3 heterocycles. The number of pyridine rings is 1. The summed E-state index contributed by atoms with van der Waals surface area (Å²) in [4.78, 5) is 26.1. The van der Waals surface area contributed by atoms with Crippen molar-refractivity contribution in [2.24, 2.45) is 0 Å². The van der Waals surface area contributed by atoms with Crippen molar-refractivity contribution >= 4 is 35.7 Å². The fraction of sp³-hybridized carbons (Fsp3) is 0.441. The van der Waals surface area contributed by atoms with Crippen molar-refractivity contribution in [3.63, 3.8) is 0 Å². The number of anilines is 1. The third-order valence-electron chi connectivity index (χ3n) is 9.15. The van der Waals surface area contributed by atoms with Crippen LogP contribution >= 0.6 is 0 Å². The Morgan fingerprint density at radius 2 is 1.82 bits per heavy atom. The first-order valence-corrected chi connectivity index (χ1v) is 17.4. The summed E-state index contributed by atoms with van der Waals surface area (Å²) in [7, 11) is -0.734. The summed E-state index contributed by atoms with van der Waals surface area (Å²) in [5.74, 6) is 2.89. The fourth-order valence-corrected chi connectivity index (χ4v) is 12.0. The van der Waals surface area contributed by atoms with Crippen LogP contribution in [0.25, 0.3) is 33.1 Å². The second-order valence-corrected chi connectivity index (χ2v) is 18.2. The van der Waals surface area contributed by atoms with Crippen LogP contribution in [0, 0.1) is 23.1 Å². The minimum Gasteiger partial charge on any atom is -0.468 e. The highest BCUT2D eigenvalue weighted by atomic mass is 28.3. The lowest BCUT2D eigenvalue weighted by Crippen LogP contribution is -2.46. The molecule has 1 atom stereocenters. The Morgan fingerprint density at radius 1 is 1.11 bits per heavy atom. The van der Waals surface area contributed by atoms with E-state index < -0.39 is 25.3 Å². The van der Waals surface area contributed by atoms with Gasteiger partial charge in [0, 0.05) is 30.6 Å². The predicted molar refractivity (Wildman–Crippen MR) is 175 cm³/mol. The highest BCUT2D eigenvalue weighted by molar-refractivity contribution is 6.90. The molecule has 10 heteroatoms. The van der Waals surface area contributed by atoms with Crippen LogP contribution in [0.15, 0.2) is 35.3 Å². The van der Waals surface area contributed by atoms with E-state index in [1.54, 1.807) is 18.2 Å². The molecule has 1 fully saturated rings. The van der Waals surface area contributed by atoms with E-state index in [1.165, 1.54) is 13.2 Å². The first-order chi connectivity index (χ1) is 20.9. The molecule has 1 saturated heterocycles. The number of nitrogens with zero attached hydrogens (tertiary/aromatic N) is 3. The molecule has 0 amide bonds. The van der Waals surface area contributed by atoms with E-state index in [-0.39, 0.29) is 35.1 Å². The molecule has 2 aromatic carbocycles.